The molecule has 0 unspecified atom stereocenters. The number of aromatic nitrogens is 2. The molecule has 0 bridgehead atoms. The molecule has 7 nitrogen and oxygen atoms in total. The number of fused-ring (bicyclic) bond motifs is 1. The molecule has 1 saturated heterocycles. The quantitative estimate of drug-likeness (QED) is 0.466. The van der Waals surface area contributed by atoms with Gasteiger partial charge in [0, 0.05) is 30.9 Å². The van der Waals surface area contributed by atoms with Crippen molar-refractivity contribution in [3.8, 4) is 0 Å². The predicted molar refractivity (Wildman–Crippen MR) is 126 cm³/mol. The van der Waals surface area contributed by atoms with E-state index in [-0.39, 0.29) is 17.9 Å². The van der Waals surface area contributed by atoms with Crippen LogP contribution in [0.2, 0.25) is 0 Å². The smallest absolute Gasteiger partial charge is 0.261 e. The highest BCUT2D eigenvalue weighted by Crippen LogP contribution is 2.35. The summed E-state index contributed by atoms with van der Waals surface area (Å²) in [6, 6.07) is 4.35. The van der Waals surface area contributed by atoms with Crippen molar-refractivity contribution in [1.29, 1.82) is 0 Å². The standard InChI is InChI=1S/C22H27N5O2S2/c1-3-15(16-7-5-12-30-16)26-20-18-14(2)19(31-22(18)25-13-24-20)21(29)23-9-6-11-27-10-4-8-17(27)28/h5,7,12-13,15H,3-4,6,8-11H2,1-2H3,(H,23,29)(H,24,25,26)/t15-/m1/s1. The summed E-state index contributed by atoms with van der Waals surface area (Å²) < 4.78 is 0. The van der Waals surface area contributed by atoms with Gasteiger partial charge in [-0.1, -0.05) is 13.0 Å². The van der Waals surface area contributed by atoms with Crippen LogP contribution >= 0.6 is 22.7 Å². The molecule has 0 saturated carbocycles. The van der Waals surface area contributed by atoms with E-state index in [0.717, 1.165) is 47.4 Å². The fourth-order valence-electron chi connectivity index (χ4n) is 3.92. The van der Waals surface area contributed by atoms with Gasteiger partial charge in [0.15, 0.2) is 0 Å². The van der Waals surface area contributed by atoms with Gasteiger partial charge in [0.25, 0.3) is 5.91 Å². The number of rotatable bonds is 9. The largest absolute Gasteiger partial charge is 0.362 e. The lowest BCUT2D eigenvalue weighted by molar-refractivity contribution is -0.127. The fraction of sp³-hybridized carbons (Fsp3) is 0.455. The van der Waals surface area contributed by atoms with Crippen LogP contribution in [0.4, 0.5) is 5.82 Å². The average Bonchev–Trinajstić information content (AvgIpc) is 3.51. The molecule has 1 aliphatic rings. The zero-order chi connectivity index (χ0) is 21.8. The van der Waals surface area contributed by atoms with Gasteiger partial charge in [-0.05, 0) is 43.2 Å². The number of likely N-dealkylation sites (tertiary alicyclic amines) is 1. The first-order valence-corrected chi connectivity index (χ1v) is 12.4. The Hall–Kier alpha value is -2.52. The molecule has 1 aliphatic heterocycles. The third-order valence-electron chi connectivity index (χ3n) is 5.60. The second kappa shape index (κ2) is 9.74. The van der Waals surface area contributed by atoms with Crippen molar-refractivity contribution >= 4 is 50.5 Å². The number of hydrogen-bond donors (Lipinski definition) is 2. The van der Waals surface area contributed by atoms with Crippen LogP contribution in [0.5, 0.6) is 0 Å². The molecule has 31 heavy (non-hydrogen) atoms. The molecule has 1 fully saturated rings. The highest BCUT2D eigenvalue weighted by Gasteiger charge is 2.22. The van der Waals surface area contributed by atoms with Crippen molar-refractivity contribution < 1.29 is 9.59 Å². The average molecular weight is 458 g/mol. The molecular formula is C22H27N5O2S2. The molecule has 0 aromatic carbocycles. The Kier molecular flexibility index (Phi) is 6.82. The summed E-state index contributed by atoms with van der Waals surface area (Å²) in [6.45, 7) is 6.18. The third-order valence-corrected chi connectivity index (χ3v) is 7.79. The Morgan fingerprint density at radius 3 is 2.94 bits per heavy atom. The van der Waals surface area contributed by atoms with Crippen LogP contribution in [0, 0.1) is 6.92 Å². The second-order valence-electron chi connectivity index (χ2n) is 7.67. The van der Waals surface area contributed by atoms with Gasteiger partial charge < -0.3 is 15.5 Å². The minimum atomic E-state index is -0.0931. The lowest BCUT2D eigenvalue weighted by Crippen LogP contribution is -2.30. The number of nitrogens with zero attached hydrogens (tertiary/aromatic N) is 3. The lowest BCUT2D eigenvalue weighted by Gasteiger charge is -2.17. The van der Waals surface area contributed by atoms with E-state index >= 15 is 0 Å². The van der Waals surface area contributed by atoms with E-state index in [1.165, 1.54) is 16.2 Å². The molecule has 1 atom stereocenters. The van der Waals surface area contributed by atoms with E-state index in [9.17, 15) is 9.59 Å². The first-order valence-electron chi connectivity index (χ1n) is 10.7. The van der Waals surface area contributed by atoms with Crippen LogP contribution in [-0.2, 0) is 4.79 Å². The number of nitrogens with one attached hydrogen (secondary N) is 2. The van der Waals surface area contributed by atoms with Crippen LogP contribution in [-0.4, -0.2) is 46.3 Å². The van der Waals surface area contributed by atoms with Gasteiger partial charge in [-0.15, -0.1) is 22.7 Å². The fourth-order valence-corrected chi connectivity index (χ4v) is 5.85. The normalized spacial score (nSPS) is 14.9. The summed E-state index contributed by atoms with van der Waals surface area (Å²) in [4.78, 5) is 38.0. The number of thiophene rings is 2. The number of anilines is 1. The van der Waals surface area contributed by atoms with Crippen LogP contribution < -0.4 is 10.6 Å². The van der Waals surface area contributed by atoms with Crippen LogP contribution in [0.15, 0.2) is 23.8 Å². The summed E-state index contributed by atoms with van der Waals surface area (Å²) in [6.07, 6.45) is 4.83. The van der Waals surface area contributed by atoms with Crippen molar-refractivity contribution in [2.75, 3.05) is 25.0 Å². The molecular weight excluding hydrogens is 430 g/mol. The van der Waals surface area contributed by atoms with Gasteiger partial charge in [0.1, 0.15) is 17.0 Å². The zero-order valence-electron chi connectivity index (χ0n) is 17.8. The van der Waals surface area contributed by atoms with Crippen molar-refractivity contribution in [2.45, 2.75) is 45.6 Å². The van der Waals surface area contributed by atoms with E-state index in [1.807, 2.05) is 11.8 Å². The Morgan fingerprint density at radius 1 is 1.35 bits per heavy atom. The Bertz CT molecular complexity index is 1060. The molecule has 0 radical (unpaired) electrons. The van der Waals surface area contributed by atoms with E-state index in [1.54, 1.807) is 17.7 Å². The number of hydrogen-bond acceptors (Lipinski definition) is 7. The molecule has 3 aromatic heterocycles. The van der Waals surface area contributed by atoms with Crippen LogP contribution in [0.3, 0.4) is 0 Å². The summed E-state index contributed by atoms with van der Waals surface area (Å²) in [7, 11) is 0. The minimum Gasteiger partial charge on any atom is -0.362 e. The number of amides is 2. The summed E-state index contributed by atoms with van der Waals surface area (Å²) in [5.41, 5.74) is 0.899. The molecule has 164 valence electrons. The Morgan fingerprint density at radius 2 is 2.23 bits per heavy atom. The van der Waals surface area contributed by atoms with E-state index in [0.29, 0.717) is 24.4 Å². The summed E-state index contributed by atoms with van der Waals surface area (Å²) in [5.74, 6) is 0.897. The highest BCUT2D eigenvalue weighted by atomic mass is 32.1. The van der Waals surface area contributed by atoms with E-state index < -0.39 is 0 Å². The first kappa shape index (κ1) is 21.7. The van der Waals surface area contributed by atoms with Crippen LogP contribution in [0.25, 0.3) is 10.2 Å². The molecule has 2 N–H and O–H groups in total. The van der Waals surface area contributed by atoms with E-state index in [2.05, 4.69) is 45.0 Å². The van der Waals surface area contributed by atoms with Gasteiger partial charge in [-0.3, -0.25) is 9.59 Å². The summed E-state index contributed by atoms with van der Waals surface area (Å²) >= 11 is 3.12. The Balaban J connectivity index is 1.45. The minimum absolute atomic E-state index is 0.0931. The van der Waals surface area contributed by atoms with Crippen molar-refractivity contribution in [2.24, 2.45) is 0 Å². The maximum atomic E-state index is 12.8. The molecule has 0 spiro atoms. The second-order valence-corrected chi connectivity index (χ2v) is 9.65. The third kappa shape index (κ3) is 4.72. The maximum Gasteiger partial charge on any atom is 0.261 e. The molecule has 9 heteroatoms. The van der Waals surface area contributed by atoms with Gasteiger partial charge in [-0.2, -0.15) is 0 Å². The SMILES string of the molecule is CC[C@@H](Nc1ncnc2sc(C(=O)NCCCN3CCCC3=O)c(C)c12)c1cccs1. The number of carbonyl (C=O) groups is 2. The first-order chi connectivity index (χ1) is 15.1. The van der Waals surface area contributed by atoms with Gasteiger partial charge in [-0.25, -0.2) is 9.97 Å². The topological polar surface area (TPSA) is 87.2 Å². The predicted octanol–water partition coefficient (Wildman–Crippen LogP) is 4.37. The summed E-state index contributed by atoms with van der Waals surface area (Å²) in [5, 5.41) is 9.54. The van der Waals surface area contributed by atoms with Crippen LogP contribution in [0.1, 0.15) is 58.8 Å². The lowest BCUT2D eigenvalue weighted by atomic mass is 10.1. The maximum absolute atomic E-state index is 12.8. The zero-order valence-corrected chi connectivity index (χ0v) is 19.4. The van der Waals surface area contributed by atoms with Crippen molar-refractivity contribution in [1.82, 2.24) is 20.2 Å². The van der Waals surface area contributed by atoms with Gasteiger partial charge >= 0.3 is 0 Å². The molecule has 4 rings (SSSR count). The number of carbonyl (C=O) groups excluding carboxylic acids is 2. The molecule has 0 aliphatic carbocycles. The molecule has 2 amide bonds. The van der Waals surface area contributed by atoms with E-state index in [4.69, 9.17) is 0 Å². The Labute approximate surface area is 189 Å². The van der Waals surface area contributed by atoms with Crippen molar-refractivity contribution in [3.63, 3.8) is 0 Å². The molecule has 4 heterocycles. The number of aryl methyl sites for hydroxylation is 1. The monoisotopic (exact) mass is 457 g/mol. The van der Waals surface area contributed by atoms with Gasteiger partial charge in [0.2, 0.25) is 5.91 Å². The van der Waals surface area contributed by atoms with Gasteiger partial charge in [0.05, 0.1) is 16.3 Å². The molecule has 3 aromatic rings. The van der Waals surface area contributed by atoms with Crippen molar-refractivity contribution in [3.05, 3.63) is 39.2 Å². The highest BCUT2D eigenvalue weighted by molar-refractivity contribution is 7.20.